The third kappa shape index (κ3) is 5.61. The zero-order valence-electron chi connectivity index (χ0n) is 19.1. The van der Waals surface area contributed by atoms with Gasteiger partial charge < -0.3 is 24.1 Å². The van der Waals surface area contributed by atoms with Crippen molar-refractivity contribution in [2.75, 3.05) is 26.9 Å². The molecule has 0 unspecified atom stereocenters. The summed E-state index contributed by atoms with van der Waals surface area (Å²) in [6.45, 7) is 4.01. The van der Waals surface area contributed by atoms with E-state index in [4.69, 9.17) is 18.9 Å². The lowest BCUT2D eigenvalue weighted by Gasteiger charge is -2.15. The Morgan fingerprint density at radius 2 is 1.76 bits per heavy atom. The van der Waals surface area contributed by atoms with Gasteiger partial charge in [-0.25, -0.2) is 4.79 Å². The van der Waals surface area contributed by atoms with Gasteiger partial charge in [-0.3, -0.25) is 14.6 Å². The Morgan fingerprint density at radius 1 is 1.00 bits per heavy atom. The molecule has 0 radical (unpaired) electrons. The normalized spacial score (nSPS) is 10.6. The van der Waals surface area contributed by atoms with Crippen molar-refractivity contribution in [2.45, 2.75) is 20.3 Å². The molecule has 34 heavy (non-hydrogen) atoms. The van der Waals surface area contributed by atoms with Gasteiger partial charge in [0.25, 0.3) is 0 Å². The molecule has 0 aliphatic carbocycles. The monoisotopic (exact) mass is 467 g/mol. The first kappa shape index (κ1) is 24.5. The number of pyridine rings is 1. The molecule has 3 rings (SSSR count). The van der Waals surface area contributed by atoms with E-state index >= 15 is 0 Å². The third-order valence-corrected chi connectivity index (χ3v) is 4.88. The average Bonchev–Trinajstić information content (AvgIpc) is 2.82. The zero-order valence-corrected chi connectivity index (χ0v) is 19.1. The molecule has 0 amide bonds. The minimum atomic E-state index is -1.19. The number of nitrogens with zero attached hydrogens (tertiary/aromatic N) is 1. The summed E-state index contributed by atoms with van der Waals surface area (Å²) in [6, 6.07) is 9.75. The summed E-state index contributed by atoms with van der Waals surface area (Å²) in [4.78, 5) is 40.2. The molecule has 0 spiro atoms. The number of hydrogen-bond acceptors (Lipinski definition) is 8. The molecule has 0 fully saturated rings. The molecule has 1 aromatic heterocycles. The van der Waals surface area contributed by atoms with Crippen molar-refractivity contribution in [3.05, 3.63) is 59.4 Å². The molecule has 9 heteroatoms. The second-order valence-electron chi connectivity index (χ2n) is 7.21. The van der Waals surface area contributed by atoms with Crippen LogP contribution < -0.4 is 14.2 Å². The summed E-state index contributed by atoms with van der Waals surface area (Å²) in [5, 5.41) is 10.3. The van der Waals surface area contributed by atoms with E-state index < -0.39 is 5.97 Å². The standard InChI is InChI=1S/C25H25NO8/c1-4-32-17-8-5-7-16(11-17)24(28)23-19-13-21(31-3)22(34-10-6-9-33-15(2)27)12-18(19)20(14-26-23)25(29)30/h5,7-8,11-14H,4,6,9-10H2,1-3H3,(H,29,30). The highest BCUT2D eigenvalue weighted by Crippen LogP contribution is 2.36. The lowest BCUT2D eigenvalue weighted by molar-refractivity contribution is -0.141. The largest absolute Gasteiger partial charge is 0.494 e. The highest BCUT2D eigenvalue weighted by Gasteiger charge is 2.22. The van der Waals surface area contributed by atoms with Gasteiger partial charge in [-0.15, -0.1) is 0 Å². The number of carboxylic acid groups (broad SMARTS) is 1. The van der Waals surface area contributed by atoms with Gasteiger partial charge in [-0.05, 0) is 31.2 Å². The van der Waals surface area contributed by atoms with Crippen molar-refractivity contribution in [2.24, 2.45) is 0 Å². The number of aromatic carboxylic acids is 1. The molecule has 0 bridgehead atoms. The van der Waals surface area contributed by atoms with E-state index in [1.807, 2.05) is 6.92 Å². The zero-order chi connectivity index (χ0) is 24.7. The SMILES string of the molecule is CCOc1cccc(C(=O)c2ncc(C(=O)O)c3cc(OCCCOC(C)=O)c(OC)cc23)c1. The Bertz CT molecular complexity index is 1220. The fourth-order valence-corrected chi connectivity index (χ4v) is 3.36. The number of rotatable bonds is 11. The molecule has 0 saturated carbocycles. The topological polar surface area (TPSA) is 121 Å². The number of carbonyl (C=O) groups is 3. The Balaban J connectivity index is 2.03. The Morgan fingerprint density at radius 3 is 2.44 bits per heavy atom. The first-order chi connectivity index (χ1) is 16.3. The molecule has 0 saturated heterocycles. The predicted molar refractivity (Wildman–Crippen MR) is 123 cm³/mol. The van der Waals surface area contributed by atoms with Gasteiger partial charge in [-0.2, -0.15) is 0 Å². The number of methoxy groups -OCH3 is 1. The van der Waals surface area contributed by atoms with Crippen molar-refractivity contribution >= 4 is 28.5 Å². The molecular weight excluding hydrogens is 442 g/mol. The number of benzene rings is 2. The fourth-order valence-electron chi connectivity index (χ4n) is 3.36. The van der Waals surface area contributed by atoms with Crippen molar-refractivity contribution in [3.63, 3.8) is 0 Å². The number of esters is 1. The summed E-state index contributed by atoms with van der Waals surface area (Å²) < 4.78 is 21.5. The molecule has 0 aliphatic rings. The van der Waals surface area contributed by atoms with E-state index in [1.165, 1.54) is 26.2 Å². The van der Waals surface area contributed by atoms with Gasteiger partial charge in [-0.1, -0.05) is 12.1 Å². The van der Waals surface area contributed by atoms with E-state index in [9.17, 15) is 19.5 Å². The van der Waals surface area contributed by atoms with Crippen LogP contribution >= 0.6 is 0 Å². The lowest BCUT2D eigenvalue weighted by atomic mass is 9.99. The Labute approximate surface area is 196 Å². The molecule has 0 aliphatic heterocycles. The Kier molecular flexibility index (Phi) is 8.02. The number of ether oxygens (including phenoxy) is 4. The Hall–Kier alpha value is -4.14. The van der Waals surface area contributed by atoms with E-state index in [-0.39, 0.29) is 41.6 Å². The predicted octanol–water partition coefficient (Wildman–Crippen LogP) is 3.90. The fraction of sp³-hybridized carbons (Fsp3) is 0.280. The number of hydrogen-bond donors (Lipinski definition) is 1. The maximum atomic E-state index is 13.3. The van der Waals surface area contributed by atoms with Gasteiger partial charge in [0.1, 0.15) is 11.4 Å². The molecule has 0 atom stereocenters. The number of ketones is 1. The quantitative estimate of drug-likeness (QED) is 0.254. The maximum absolute atomic E-state index is 13.3. The molecule has 178 valence electrons. The van der Waals surface area contributed by atoms with Crippen LogP contribution in [-0.2, 0) is 9.53 Å². The van der Waals surface area contributed by atoms with Gasteiger partial charge >= 0.3 is 11.9 Å². The van der Waals surface area contributed by atoms with Crippen LogP contribution in [-0.4, -0.2) is 54.7 Å². The second-order valence-corrected chi connectivity index (χ2v) is 7.21. The van der Waals surface area contributed by atoms with Gasteiger partial charge in [0, 0.05) is 35.9 Å². The summed E-state index contributed by atoms with van der Waals surface area (Å²) in [5.74, 6) is -0.821. The maximum Gasteiger partial charge on any atom is 0.337 e. The third-order valence-electron chi connectivity index (χ3n) is 4.88. The summed E-state index contributed by atoms with van der Waals surface area (Å²) in [6.07, 6.45) is 1.59. The van der Waals surface area contributed by atoms with Crippen molar-refractivity contribution < 1.29 is 38.4 Å². The van der Waals surface area contributed by atoms with Crippen LogP contribution in [0.15, 0.2) is 42.6 Å². The van der Waals surface area contributed by atoms with Crippen LogP contribution in [0, 0.1) is 0 Å². The van der Waals surface area contributed by atoms with Crippen molar-refractivity contribution in [3.8, 4) is 17.2 Å². The average molecular weight is 467 g/mol. The van der Waals surface area contributed by atoms with Gasteiger partial charge in [0.15, 0.2) is 11.5 Å². The van der Waals surface area contributed by atoms with E-state index in [0.29, 0.717) is 41.2 Å². The minimum absolute atomic E-state index is 0.0772. The first-order valence-electron chi connectivity index (χ1n) is 10.6. The molecule has 2 aromatic carbocycles. The lowest BCUT2D eigenvalue weighted by Crippen LogP contribution is -2.10. The molecular formula is C25H25NO8. The van der Waals surface area contributed by atoms with E-state index in [0.717, 1.165) is 6.20 Å². The number of carboxylic acids is 1. The minimum Gasteiger partial charge on any atom is -0.494 e. The summed E-state index contributed by atoms with van der Waals surface area (Å²) in [7, 11) is 1.44. The molecule has 3 aromatic rings. The number of aromatic nitrogens is 1. The summed E-state index contributed by atoms with van der Waals surface area (Å²) in [5.41, 5.74) is 0.350. The summed E-state index contributed by atoms with van der Waals surface area (Å²) >= 11 is 0. The van der Waals surface area contributed by atoms with Gasteiger partial charge in [0.2, 0.25) is 5.78 Å². The molecule has 9 nitrogen and oxygen atoms in total. The second kappa shape index (κ2) is 11.1. The van der Waals surface area contributed by atoms with E-state index in [2.05, 4.69) is 4.98 Å². The smallest absolute Gasteiger partial charge is 0.337 e. The van der Waals surface area contributed by atoms with Crippen molar-refractivity contribution in [1.29, 1.82) is 0 Å². The highest BCUT2D eigenvalue weighted by molar-refractivity contribution is 6.18. The van der Waals surface area contributed by atoms with Crippen LogP contribution in [0.3, 0.4) is 0 Å². The highest BCUT2D eigenvalue weighted by atomic mass is 16.5. The number of fused-ring (bicyclic) bond motifs is 1. The van der Waals surface area contributed by atoms with E-state index in [1.54, 1.807) is 24.3 Å². The first-order valence-corrected chi connectivity index (χ1v) is 10.6. The van der Waals surface area contributed by atoms with Crippen molar-refractivity contribution in [1.82, 2.24) is 4.98 Å². The van der Waals surface area contributed by atoms with Crippen LogP contribution in [0.4, 0.5) is 0 Å². The number of carbonyl (C=O) groups excluding carboxylic acids is 2. The van der Waals surface area contributed by atoms with Gasteiger partial charge in [0.05, 0.1) is 32.5 Å². The molecule has 1 heterocycles. The molecule has 1 N–H and O–H groups in total. The van der Waals surface area contributed by atoms with Crippen LogP contribution in [0.1, 0.15) is 46.7 Å². The van der Waals surface area contributed by atoms with Crippen LogP contribution in [0.5, 0.6) is 17.2 Å². The van der Waals surface area contributed by atoms with Crippen LogP contribution in [0.25, 0.3) is 10.8 Å². The van der Waals surface area contributed by atoms with Crippen LogP contribution in [0.2, 0.25) is 0 Å².